The highest BCUT2D eigenvalue weighted by atomic mass is 17.2. The normalized spacial score (nSPS) is 19.1. The molecule has 0 fully saturated rings. The summed E-state index contributed by atoms with van der Waals surface area (Å²) < 4.78 is 5.18. The quantitative estimate of drug-likeness (QED) is 0.308. The van der Waals surface area contributed by atoms with E-state index in [9.17, 15) is 9.59 Å². The molecular weight excluding hydrogens is 262 g/mol. The average molecular weight is 285 g/mol. The smallest absolute Gasteiger partial charge is 0.254 e. The summed E-state index contributed by atoms with van der Waals surface area (Å²) >= 11 is 0. The number of ether oxygens (including phenoxy) is 1. The van der Waals surface area contributed by atoms with Gasteiger partial charge in [-0.1, -0.05) is 13.8 Å². The highest BCUT2D eigenvalue weighted by Crippen LogP contribution is 2.23. The molecule has 0 bridgehead atoms. The van der Waals surface area contributed by atoms with Crippen LogP contribution in [0.2, 0.25) is 0 Å². The van der Waals surface area contributed by atoms with Gasteiger partial charge < -0.3 is 4.74 Å². The van der Waals surface area contributed by atoms with Crippen molar-refractivity contribution in [2.24, 2.45) is 5.92 Å². The summed E-state index contributed by atoms with van der Waals surface area (Å²) in [6.45, 7) is 9.46. The van der Waals surface area contributed by atoms with E-state index in [1.165, 1.54) is 19.3 Å². The second kappa shape index (κ2) is 6.47. The van der Waals surface area contributed by atoms with E-state index in [1.54, 1.807) is 6.92 Å². The number of nitrogens with zero attached hydrogens (tertiary/aromatic N) is 1. The van der Waals surface area contributed by atoms with Crippen molar-refractivity contribution in [2.45, 2.75) is 52.6 Å². The highest BCUT2D eigenvalue weighted by molar-refractivity contribution is 6.13. The number of carbonyl (C=O) groups is 2. The van der Waals surface area contributed by atoms with Crippen molar-refractivity contribution < 1.29 is 24.1 Å². The molecule has 6 nitrogen and oxygen atoms in total. The van der Waals surface area contributed by atoms with Crippen molar-refractivity contribution in [1.29, 1.82) is 0 Å². The van der Waals surface area contributed by atoms with Crippen LogP contribution in [0.25, 0.3) is 0 Å². The summed E-state index contributed by atoms with van der Waals surface area (Å²) in [5.74, 6) is -0.528. The number of imide groups is 1. The molecule has 0 aromatic rings. The molecular formula is C14H23NO5. The molecule has 1 heterocycles. The van der Waals surface area contributed by atoms with Crippen molar-refractivity contribution in [2.75, 3.05) is 7.11 Å². The zero-order valence-corrected chi connectivity index (χ0v) is 12.9. The first-order chi connectivity index (χ1) is 9.20. The van der Waals surface area contributed by atoms with Gasteiger partial charge in [-0.15, -0.1) is 0 Å². The second-order valence-corrected chi connectivity index (χ2v) is 5.66. The van der Waals surface area contributed by atoms with E-state index in [0.717, 1.165) is 4.90 Å². The Balaban J connectivity index is 2.67. The van der Waals surface area contributed by atoms with Gasteiger partial charge in [0.1, 0.15) is 5.60 Å². The van der Waals surface area contributed by atoms with E-state index < -0.39 is 17.9 Å². The van der Waals surface area contributed by atoms with E-state index in [2.05, 4.69) is 0 Å². The second-order valence-electron chi connectivity index (χ2n) is 5.66. The lowest BCUT2D eigenvalue weighted by atomic mass is 9.95. The monoisotopic (exact) mass is 285 g/mol. The molecule has 1 aliphatic rings. The molecule has 1 rings (SSSR count). The molecule has 6 heteroatoms. The van der Waals surface area contributed by atoms with Gasteiger partial charge in [0.15, 0.2) is 0 Å². The summed E-state index contributed by atoms with van der Waals surface area (Å²) in [4.78, 5) is 35.0. The lowest BCUT2D eigenvalue weighted by Gasteiger charge is -2.33. The third kappa shape index (κ3) is 3.65. The fourth-order valence-electron chi connectivity index (χ4n) is 1.52. The van der Waals surface area contributed by atoms with E-state index in [0.29, 0.717) is 0 Å². The first-order valence-electron chi connectivity index (χ1n) is 6.63. The molecule has 0 saturated heterocycles. The molecule has 0 saturated carbocycles. The topological polar surface area (TPSA) is 65.1 Å². The van der Waals surface area contributed by atoms with Crippen molar-refractivity contribution in [3.8, 4) is 0 Å². The number of amides is 2. The fraction of sp³-hybridized carbons (Fsp3) is 0.714. The van der Waals surface area contributed by atoms with Gasteiger partial charge in [0.05, 0.1) is 6.04 Å². The predicted molar refractivity (Wildman–Crippen MR) is 72.3 cm³/mol. The minimum atomic E-state index is -0.846. The maximum absolute atomic E-state index is 11.6. The molecule has 2 unspecified atom stereocenters. The van der Waals surface area contributed by atoms with Crippen LogP contribution in [0.1, 0.15) is 34.6 Å². The number of carbonyl (C=O) groups excluding carboxylic acids is 2. The largest absolute Gasteiger partial charge is 0.351 e. The van der Waals surface area contributed by atoms with Crippen molar-refractivity contribution in [3.05, 3.63) is 12.2 Å². The Morgan fingerprint density at radius 3 is 2.00 bits per heavy atom. The summed E-state index contributed by atoms with van der Waals surface area (Å²) in [7, 11) is 1.44. The van der Waals surface area contributed by atoms with Gasteiger partial charge in [0.2, 0.25) is 6.29 Å². The zero-order chi connectivity index (χ0) is 15.5. The fourth-order valence-corrected chi connectivity index (χ4v) is 1.52. The van der Waals surface area contributed by atoms with Crippen LogP contribution in [-0.4, -0.2) is 41.8 Å². The van der Waals surface area contributed by atoms with Crippen LogP contribution >= 0.6 is 0 Å². The molecule has 0 radical (unpaired) electrons. The SMILES string of the molecule is COC(OOC(C)(C)C(C)C)C(C)N1C(=O)C=CC1=O. The van der Waals surface area contributed by atoms with Gasteiger partial charge in [-0.25, -0.2) is 9.78 Å². The third-order valence-corrected chi connectivity index (χ3v) is 3.62. The molecule has 0 N–H and O–H groups in total. The van der Waals surface area contributed by atoms with Gasteiger partial charge in [0.25, 0.3) is 11.8 Å². The van der Waals surface area contributed by atoms with Crippen LogP contribution in [0.5, 0.6) is 0 Å². The first kappa shape index (κ1) is 16.8. The summed E-state index contributed by atoms with van der Waals surface area (Å²) in [5.41, 5.74) is -0.506. The number of rotatable bonds is 7. The third-order valence-electron chi connectivity index (χ3n) is 3.62. The minimum absolute atomic E-state index is 0.229. The number of methoxy groups -OCH3 is 1. The Hall–Kier alpha value is -1.24. The lowest BCUT2D eigenvalue weighted by Crippen LogP contribution is -2.48. The molecule has 0 aromatic carbocycles. The van der Waals surface area contributed by atoms with Crippen LogP contribution in [-0.2, 0) is 24.1 Å². The minimum Gasteiger partial charge on any atom is -0.351 e. The van der Waals surface area contributed by atoms with Gasteiger partial charge in [-0.3, -0.25) is 14.5 Å². The van der Waals surface area contributed by atoms with Crippen LogP contribution in [0.3, 0.4) is 0 Å². The summed E-state index contributed by atoms with van der Waals surface area (Å²) in [6, 6.07) is -0.585. The maximum atomic E-state index is 11.6. The maximum Gasteiger partial charge on any atom is 0.254 e. The van der Waals surface area contributed by atoms with Gasteiger partial charge >= 0.3 is 0 Å². The standard InChI is InChI=1S/C14H23NO5/c1-9(2)14(4,5)20-19-13(18-6)10(3)15-11(16)7-8-12(15)17/h7-10,13H,1-6H3. The summed E-state index contributed by atoms with van der Waals surface area (Å²) in [6.07, 6.45) is 1.61. The van der Waals surface area contributed by atoms with Crippen molar-refractivity contribution >= 4 is 11.8 Å². The molecule has 0 aliphatic carbocycles. The Morgan fingerprint density at radius 2 is 1.60 bits per heavy atom. The molecule has 0 spiro atoms. The molecule has 0 aromatic heterocycles. The van der Waals surface area contributed by atoms with E-state index in [-0.39, 0.29) is 17.7 Å². The number of hydrogen-bond acceptors (Lipinski definition) is 5. The van der Waals surface area contributed by atoms with Crippen LogP contribution in [0.4, 0.5) is 0 Å². The Kier molecular flexibility index (Phi) is 5.44. The predicted octanol–water partition coefficient (Wildman–Crippen LogP) is 1.66. The zero-order valence-electron chi connectivity index (χ0n) is 12.9. The summed E-state index contributed by atoms with van der Waals surface area (Å²) in [5, 5.41) is 0. The molecule has 1 aliphatic heterocycles. The Morgan fingerprint density at radius 1 is 1.10 bits per heavy atom. The lowest BCUT2D eigenvalue weighted by molar-refractivity contribution is -0.428. The number of hydrogen-bond donors (Lipinski definition) is 0. The van der Waals surface area contributed by atoms with Crippen LogP contribution < -0.4 is 0 Å². The van der Waals surface area contributed by atoms with Crippen LogP contribution in [0, 0.1) is 5.92 Å². The van der Waals surface area contributed by atoms with Gasteiger partial charge in [-0.2, -0.15) is 0 Å². The van der Waals surface area contributed by atoms with Crippen molar-refractivity contribution in [1.82, 2.24) is 4.90 Å². The van der Waals surface area contributed by atoms with E-state index in [4.69, 9.17) is 14.5 Å². The molecule has 2 atom stereocenters. The molecule has 20 heavy (non-hydrogen) atoms. The average Bonchev–Trinajstić information content (AvgIpc) is 2.69. The molecule has 114 valence electrons. The van der Waals surface area contributed by atoms with E-state index in [1.807, 2.05) is 27.7 Å². The molecule has 2 amide bonds. The van der Waals surface area contributed by atoms with Gasteiger partial charge in [0, 0.05) is 19.3 Å². The van der Waals surface area contributed by atoms with Crippen molar-refractivity contribution in [3.63, 3.8) is 0 Å². The Labute approximate surface area is 119 Å². The van der Waals surface area contributed by atoms with Gasteiger partial charge in [-0.05, 0) is 26.7 Å². The van der Waals surface area contributed by atoms with Crippen LogP contribution in [0.15, 0.2) is 12.2 Å². The Bertz CT molecular complexity index is 384. The van der Waals surface area contributed by atoms with E-state index >= 15 is 0 Å². The first-order valence-corrected chi connectivity index (χ1v) is 6.63. The highest BCUT2D eigenvalue weighted by Gasteiger charge is 2.36.